The Hall–Kier alpha value is -2.31. The summed E-state index contributed by atoms with van der Waals surface area (Å²) in [4.78, 5) is 22.5. The molecule has 0 radical (unpaired) electrons. The number of rotatable bonds is 10. The number of benzene rings is 2. The lowest BCUT2D eigenvalue weighted by Gasteiger charge is -2.30. The number of likely N-dealkylation sites (N-methyl/N-ethyl adjacent to an activating group) is 1. The van der Waals surface area contributed by atoms with Gasteiger partial charge in [0.2, 0.25) is 15.9 Å². The predicted octanol–water partition coefficient (Wildman–Crippen LogP) is 4.63. The minimum Gasteiger partial charge on any atom is -0.494 e. The van der Waals surface area contributed by atoms with Crippen LogP contribution in [-0.2, 0) is 14.8 Å². The van der Waals surface area contributed by atoms with E-state index < -0.39 is 21.9 Å². The fourth-order valence-corrected chi connectivity index (χ4v) is 7.44. The Morgan fingerprint density at radius 2 is 1.89 bits per heavy atom. The van der Waals surface area contributed by atoms with Gasteiger partial charge in [0.25, 0.3) is 0 Å². The van der Waals surface area contributed by atoms with E-state index in [4.69, 9.17) is 21.3 Å². The maximum absolute atomic E-state index is 14.0. The number of sulfonamides is 1. The first-order chi connectivity index (χ1) is 17.7. The molecule has 1 aromatic heterocycles. The summed E-state index contributed by atoms with van der Waals surface area (Å²) >= 11 is 7.71. The minimum absolute atomic E-state index is 0.0419. The number of thiazole rings is 1. The number of fused-ring (bicyclic) bond motifs is 1. The normalized spacial score (nSPS) is 16.5. The lowest BCUT2D eigenvalue weighted by Crippen LogP contribution is -2.49. The summed E-state index contributed by atoms with van der Waals surface area (Å²) < 4.78 is 47.7. The molecule has 4 rings (SSSR count). The van der Waals surface area contributed by atoms with Crippen molar-refractivity contribution >= 4 is 54.2 Å². The van der Waals surface area contributed by atoms with Gasteiger partial charge in [-0.25, -0.2) is 17.8 Å². The van der Waals surface area contributed by atoms with Crippen LogP contribution in [-0.4, -0.2) is 74.4 Å². The third-order valence-electron chi connectivity index (χ3n) is 6.61. The summed E-state index contributed by atoms with van der Waals surface area (Å²) in [6, 6.07) is 7.22. The average molecular weight is 569 g/mol. The van der Waals surface area contributed by atoms with Gasteiger partial charge < -0.3 is 9.64 Å². The molecular weight excluding hydrogens is 539 g/mol. The molecule has 37 heavy (non-hydrogen) atoms. The lowest BCUT2D eigenvalue weighted by atomic mass is 10.2. The first-order valence-electron chi connectivity index (χ1n) is 12.1. The SMILES string of the molecule is CCN(CC)CCN(C(=O)C1CCCN1S(=O)(=O)c1ccc(F)cc1)c1nc2c(OC)ccc(Cl)c2s1. The highest BCUT2D eigenvalue weighted by atomic mass is 35.5. The van der Waals surface area contributed by atoms with Crippen LogP contribution in [0.15, 0.2) is 41.3 Å². The molecule has 1 saturated heterocycles. The minimum atomic E-state index is -4.00. The largest absolute Gasteiger partial charge is 0.494 e. The van der Waals surface area contributed by atoms with Gasteiger partial charge in [0.15, 0.2) is 5.13 Å². The zero-order valence-electron chi connectivity index (χ0n) is 21.0. The zero-order chi connectivity index (χ0) is 26.7. The molecule has 0 N–H and O–H groups in total. The van der Waals surface area contributed by atoms with Crippen molar-refractivity contribution in [2.24, 2.45) is 0 Å². The molecule has 0 spiro atoms. The van der Waals surface area contributed by atoms with E-state index in [1.165, 1.54) is 27.8 Å². The van der Waals surface area contributed by atoms with Crippen LogP contribution in [0.5, 0.6) is 5.75 Å². The summed E-state index contributed by atoms with van der Waals surface area (Å²) in [7, 11) is -2.45. The van der Waals surface area contributed by atoms with Gasteiger partial charge >= 0.3 is 0 Å². The maximum atomic E-state index is 14.0. The van der Waals surface area contributed by atoms with Crippen LogP contribution in [0, 0.1) is 5.82 Å². The molecule has 200 valence electrons. The topological polar surface area (TPSA) is 83.0 Å². The van der Waals surface area contributed by atoms with Gasteiger partial charge in [-0.15, -0.1) is 0 Å². The highest BCUT2D eigenvalue weighted by molar-refractivity contribution is 7.89. The van der Waals surface area contributed by atoms with Gasteiger partial charge in [-0.05, 0) is 62.3 Å². The monoisotopic (exact) mass is 568 g/mol. The van der Waals surface area contributed by atoms with Crippen LogP contribution in [0.2, 0.25) is 5.02 Å². The Kier molecular flexibility index (Phi) is 8.70. The van der Waals surface area contributed by atoms with Gasteiger partial charge in [0.05, 0.1) is 21.7 Å². The second-order valence-corrected chi connectivity index (χ2v) is 11.9. The molecule has 1 amide bonds. The smallest absolute Gasteiger partial charge is 0.247 e. The standard InChI is InChI=1S/C25H30ClFN4O4S2/c1-4-29(5-2)15-16-30(25-28-22-21(35-3)13-12-19(26)23(22)36-25)24(32)20-7-6-14-31(20)37(33,34)18-10-8-17(27)9-11-18/h8-13,20H,4-7,14-16H2,1-3H3. The molecule has 12 heteroatoms. The number of aromatic nitrogens is 1. The van der Waals surface area contributed by atoms with Gasteiger partial charge in [-0.3, -0.25) is 9.69 Å². The van der Waals surface area contributed by atoms with Crippen LogP contribution in [0.3, 0.4) is 0 Å². The molecule has 1 aliphatic rings. The molecule has 8 nitrogen and oxygen atoms in total. The number of amides is 1. The predicted molar refractivity (Wildman–Crippen MR) is 145 cm³/mol. The molecule has 2 heterocycles. The van der Waals surface area contributed by atoms with E-state index in [0.717, 1.165) is 25.2 Å². The van der Waals surface area contributed by atoms with E-state index >= 15 is 0 Å². The number of carbonyl (C=O) groups excluding carboxylic acids is 1. The number of anilines is 1. The van der Waals surface area contributed by atoms with Crippen molar-refractivity contribution in [3.63, 3.8) is 0 Å². The third-order valence-corrected chi connectivity index (χ3v) is 10.1. The molecule has 1 fully saturated rings. The van der Waals surface area contributed by atoms with E-state index in [9.17, 15) is 17.6 Å². The molecule has 3 aromatic rings. The third kappa shape index (κ3) is 5.61. The highest BCUT2D eigenvalue weighted by Crippen LogP contribution is 2.39. The van der Waals surface area contributed by atoms with Crippen LogP contribution >= 0.6 is 22.9 Å². The highest BCUT2D eigenvalue weighted by Gasteiger charge is 2.42. The first kappa shape index (κ1) is 27.7. The Morgan fingerprint density at radius 3 is 2.54 bits per heavy atom. The summed E-state index contributed by atoms with van der Waals surface area (Å²) in [6.45, 7) is 6.86. The number of hydrogen-bond donors (Lipinski definition) is 0. The van der Waals surface area contributed by atoms with E-state index in [1.54, 1.807) is 24.1 Å². The van der Waals surface area contributed by atoms with Crippen molar-refractivity contribution in [3.8, 4) is 5.75 Å². The van der Waals surface area contributed by atoms with Crippen molar-refractivity contribution < 1.29 is 22.3 Å². The van der Waals surface area contributed by atoms with Crippen molar-refractivity contribution in [1.82, 2.24) is 14.2 Å². The fraction of sp³-hybridized carbons (Fsp3) is 0.440. The molecule has 1 aliphatic heterocycles. The second-order valence-electron chi connectivity index (χ2n) is 8.67. The number of hydrogen-bond acceptors (Lipinski definition) is 7. The summed E-state index contributed by atoms with van der Waals surface area (Å²) in [5, 5.41) is 0.932. The zero-order valence-corrected chi connectivity index (χ0v) is 23.4. The lowest BCUT2D eigenvalue weighted by molar-refractivity contribution is -0.121. The number of carbonyl (C=O) groups is 1. The molecule has 0 saturated carbocycles. The Labute approximate surface area is 225 Å². The van der Waals surface area contributed by atoms with Gasteiger partial charge in [0, 0.05) is 19.6 Å². The summed E-state index contributed by atoms with van der Waals surface area (Å²) in [6.07, 6.45) is 0.927. The number of ether oxygens (including phenoxy) is 1. The maximum Gasteiger partial charge on any atom is 0.247 e. The molecular formula is C25H30ClFN4O4S2. The Morgan fingerprint density at radius 1 is 1.19 bits per heavy atom. The van der Waals surface area contributed by atoms with E-state index in [0.29, 0.717) is 52.1 Å². The molecule has 0 bridgehead atoms. The van der Waals surface area contributed by atoms with Crippen molar-refractivity contribution in [2.45, 2.75) is 37.6 Å². The Balaban J connectivity index is 1.72. The number of nitrogens with zero attached hydrogens (tertiary/aromatic N) is 4. The van der Waals surface area contributed by atoms with Gasteiger partial charge in [-0.2, -0.15) is 4.31 Å². The summed E-state index contributed by atoms with van der Waals surface area (Å²) in [5.74, 6) is -0.329. The van der Waals surface area contributed by atoms with Crippen molar-refractivity contribution in [2.75, 3.05) is 44.7 Å². The molecule has 2 aromatic carbocycles. The second kappa shape index (κ2) is 11.6. The van der Waals surface area contributed by atoms with E-state index in [-0.39, 0.29) is 17.3 Å². The van der Waals surface area contributed by atoms with Gasteiger partial charge in [-0.1, -0.05) is 36.8 Å². The van der Waals surface area contributed by atoms with E-state index in [2.05, 4.69) is 4.90 Å². The average Bonchev–Trinajstić information content (AvgIpc) is 3.56. The van der Waals surface area contributed by atoms with Crippen LogP contribution in [0.4, 0.5) is 9.52 Å². The quantitative estimate of drug-likeness (QED) is 0.355. The van der Waals surface area contributed by atoms with Crippen LogP contribution < -0.4 is 9.64 Å². The molecule has 1 unspecified atom stereocenters. The number of methoxy groups -OCH3 is 1. The van der Waals surface area contributed by atoms with Gasteiger partial charge in [0.1, 0.15) is 23.1 Å². The number of halogens is 2. The Bertz CT molecular complexity index is 1360. The van der Waals surface area contributed by atoms with Crippen molar-refractivity contribution in [1.29, 1.82) is 0 Å². The fourth-order valence-electron chi connectivity index (χ4n) is 4.50. The molecule has 1 atom stereocenters. The van der Waals surface area contributed by atoms with E-state index in [1.807, 2.05) is 13.8 Å². The molecule has 0 aliphatic carbocycles. The van der Waals surface area contributed by atoms with Crippen LogP contribution in [0.25, 0.3) is 10.2 Å². The summed E-state index contributed by atoms with van der Waals surface area (Å²) in [5.41, 5.74) is 0.554. The van der Waals surface area contributed by atoms with Crippen LogP contribution in [0.1, 0.15) is 26.7 Å². The van der Waals surface area contributed by atoms with Crippen molar-refractivity contribution in [3.05, 3.63) is 47.2 Å². The first-order valence-corrected chi connectivity index (χ1v) is 14.8.